The summed E-state index contributed by atoms with van der Waals surface area (Å²) in [7, 11) is 0. The first-order chi connectivity index (χ1) is 17.5. The van der Waals surface area contributed by atoms with Gasteiger partial charge in [0.15, 0.2) is 12.6 Å². The third-order valence-corrected chi connectivity index (χ3v) is 6.89. The van der Waals surface area contributed by atoms with E-state index in [1.54, 1.807) is 0 Å². The number of aliphatic hydroxyl groups excluding tert-OH is 2. The normalized spacial score (nSPS) is 21.5. The van der Waals surface area contributed by atoms with Crippen LogP contribution in [0, 0.1) is 13.8 Å². The molecular formula is C33H36O4. The Hall–Kier alpha value is -3.60. The van der Waals surface area contributed by atoms with E-state index in [4.69, 9.17) is 9.47 Å². The maximum atomic E-state index is 9.83. The number of ether oxygens (including phenoxy) is 2. The number of benzene rings is 4. The van der Waals surface area contributed by atoms with Crippen LogP contribution in [0.25, 0.3) is 0 Å². The van der Waals surface area contributed by atoms with Crippen molar-refractivity contribution < 1.29 is 19.7 Å². The van der Waals surface area contributed by atoms with Crippen molar-refractivity contribution in [3.63, 3.8) is 0 Å². The molecule has 0 spiro atoms. The molecule has 2 N–H and O–H groups in total. The lowest BCUT2D eigenvalue weighted by Gasteiger charge is -2.30. The Morgan fingerprint density at radius 2 is 0.946 bits per heavy atom. The molecule has 0 bridgehead atoms. The topological polar surface area (TPSA) is 58.9 Å². The minimum Gasteiger partial charge on any atom is -0.465 e. The molecule has 0 aromatic heterocycles. The van der Waals surface area contributed by atoms with E-state index < -0.39 is 12.6 Å². The first-order valence-electron chi connectivity index (χ1n) is 12.5. The summed E-state index contributed by atoms with van der Waals surface area (Å²) in [6.07, 6.45) is -0.211. The highest BCUT2D eigenvalue weighted by molar-refractivity contribution is 5.47. The van der Waals surface area contributed by atoms with Crippen LogP contribution in [-0.4, -0.2) is 22.8 Å². The van der Waals surface area contributed by atoms with Gasteiger partial charge in [0.1, 0.15) is 11.5 Å². The summed E-state index contributed by atoms with van der Waals surface area (Å²) in [6.45, 7) is 4.15. The van der Waals surface area contributed by atoms with Crippen molar-refractivity contribution >= 4 is 0 Å². The lowest BCUT2D eigenvalue weighted by molar-refractivity contribution is -0.0364. The molecule has 2 heterocycles. The average Bonchev–Trinajstić information content (AvgIpc) is 2.90. The molecule has 0 saturated heterocycles. The van der Waals surface area contributed by atoms with Crippen LogP contribution in [0.2, 0.25) is 0 Å². The van der Waals surface area contributed by atoms with E-state index in [9.17, 15) is 10.2 Å². The Balaban J connectivity index is 0.000000168. The Bertz CT molecular complexity index is 1200. The molecular weight excluding hydrogens is 460 g/mol. The van der Waals surface area contributed by atoms with Crippen LogP contribution in [0.1, 0.15) is 65.5 Å². The van der Waals surface area contributed by atoms with Crippen LogP contribution in [0.5, 0.6) is 11.5 Å². The third-order valence-electron chi connectivity index (χ3n) is 6.89. The summed E-state index contributed by atoms with van der Waals surface area (Å²) in [5, 5.41) is 19.7. The van der Waals surface area contributed by atoms with Gasteiger partial charge in [-0.25, -0.2) is 0 Å². The van der Waals surface area contributed by atoms with Gasteiger partial charge in [0, 0.05) is 35.8 Å². The van der Waals surface area contributed by atoms with Crippen molar-refractivity contribution in [1.29, 1.82) is 0 Å². The quantitative estimate of drug-likeness (QED) is 0.311. The molecule has 3 unspecified atom stereocenters. The molecule has 4 nitrogen and oxygen atoms in total. The van der Waals surface area contributed by atoms with Crippen molar-refractivity contribution in [3.8, 4) is 11.5 Å². The van der Waals surface area contributed by atoms with Crippen molar-refractivity contribution in [2.75, 3.05) is 0 Å². The van der Waals surface area contributed by atoms with Gasteiger partial charge >= 0.3 is 0 Å². The molecule has 0 aliphatic carbocycles. The predicted octanol–water partition coefficient (Wildman–Crippen LogP) is 7.09. The second-order valence-corrected chi connectivity index (χ2v) is 9.63. The highest BCUT2D eigenvalue weighted by Crippen LogP contribution is 2.41. The number of hydrogen-bond donors (Lipinski definition) is 2. The number of rotatable bonds is 2. The second-order valence-electron chi connectivity index (χ2n) is 9.63. The predicted molar refractivity (Wildman–Crippen MR) is 148 cm³/mol. The van der Waals surface area contributed by atoms with Gasteiger partial charge in [0.2, 0.25) is 0 Å². The van der Waals surface area contributed by atoms with Gasteiger partial charge in [-0.3, -0.25) is 0 Å². The molecule has 37 heavy (non-hydrogen) atoms. The fraction of sp³-hybridized carbons (Fsp3) is 0.273. The minimum absolute atomic E-state index is 0. The zero-order valence-electron chi connectivity index (χ0n) is 20.7. The third kappa shape index (κ3) is 6.04. The van der Waals surface area contributed by atoms with Crippen LogP contribution in [0.15, 0.2) is 97.1 Å². The van der Waals surface area contributed by atoms with Crippen LogP contribution in [-0.2, 0) is 0 Å². The average molecular weight is 497 g/mol. The SMILES string of the molecule is C.Cc1ccc2c(c1)C(c1ccccc1)CC(O)O2.Cc1ccc2c(c1)[C@@H](c1ccccc1)CC(O)O2. The fourth-order valence-electron chi connectivity index (χ4n) is 5.14. The molecule has 4 heteroatoms. The number of aryl methyl sites for hydroxylation is 2. The van der Waals surface area contributed by atoms with Crippen molar-refractivity contribution in [1.82, 2.24) is 0 Å². The van der Waals surface area contributed by atoms with E-state index in [2.05, 4.69) is 50.2 Å². The van der Waals surface area contributed by atoms with Gasteiger partial charge in [0.05, 0.1) is 0 Å². The molecule has 2 aliphatic rings. The molecule has 6 rings (SSSR count). The molecule has 2 aliphatic heterocycles. The Morgan fingerprint density at radius 1 is 0.568 bits per heavy atom. The van der Waals surface area contributed by atoms with Crippen molar-refractivity contribution in [2.24, 2.45) is 0 Å². The highest BCUT2D eigenvalue weighted by atomic mass is 16.6. The van der Waals surface area contributed by atoms with E-state index in [-0.39, 0.29) is 19.3 Å². The van der Waals surface area contributed by atoms with Crippen molar-refractivity contribution in [2.45, 2.75) is 58.5 Å². The Labute approximate surface area is 220 Å². The van der Waals surface area contributed by atoms with Crippen LogP contribution in [0.4, 0.5) is 0 Å². The van der Waals surface area contributed by atoms with Crippen LogP contribution >= 0.6 is 0 Å². The molecule has 4 atom stereocenters. The zero-order valence-corrected chi connectivity index (χ0v) is 20.7. The Morgan fingerprint density at radius 3 is 1.32 bits per heavy atom. The second kappa shape index (κ2) is 11.6. The molecule has 192 valence electrons. The van der Waals surface area contributed by atoms with Gasteiger partial charge in [-0.2, -0.15) is 0 Å². The highest BCUT2D eigenvalue weighted by Gasteiger charge is 2.29. The molecule has 0 saturated carbocycles. The first kappa shape index (κ1) is 26.5. The summed E-state index contributed by atoms with van der Waals surface area (Å²) >= 11 is 0. The summed E-state index contributed by atoms with van der Waals surface area (Å²) in [5.41, 5.74) is 7.24. The fourth-order valence-corrected chi connectivity index (χ4v) is 5.14. The summed E-state index contributed by atoms with van der Waals surface area (Å²) < 4.78 is 11.0. The minimum atomic E-state index is -0.717. The standard InChI is InChI=1S/2C16H16O2.CH4/c2*1-11-7-8-15-14(9-11)13(10-16(17)18-15)12-5-3-2-4-6-12;/h2*2-9,13,16-17H,10H2,1H3;1H4/t13-,16?;;/m1../s1. The van der Waals surface area contributed by atoms with Gasteiger partial charge < -0.3 is 19.7 Å². The summed E-state index contributed by atoms with van der Waals surface area (Å²) in [6, 6.07) is 32.8. The van der Waals surface area contributed by atoms with E-state index in [0.717, 1.165) is 11.5 Å². The Kier molecular flexibility index (Phi) is 8.32. The van der Waals surface area contributed by atoms with Crippen LogP contribution in [0.3, 0.4) is 0 Å². The van der Waals surface area contributed by atoms with E-state index in [1.165, 1.54) is 33.4 Å². The maximum absolute atomic E-state index is 9.83. The van der Waals surface area contributed by atoms with E-state index in [0.29, 0.717) is 12.8 Å². The van der Waals surface area contributed by atoms with Gasteiger partial charge in [0.25, 0.3) is 0 Å². The van der Waals surface area contributed by atoms with Crippen molar-refractivity contribution in [3.05, 3.63) is 130 Å². The summed E-state index contributed by atoms with van der Waals surface area (Å²) in [4.78, 5) is 0. The lowest BCUT2D eigenvalue weighted by Crippen LogP contribution is -2.25. The van der Waals surface area contributed by atoms with Gasteiger partial charge in [-0.15, -0.1) is 0 Å². The zero-order chi connectivity index (χ0) is 25.1. The molecule has 0 amide bonds. The van der Waals surface area contributed by atoms with E-state index in [1.807, 2.05) is 60.7 Å². The lowest BCUT2D eigenvalue weighted by atomic mass is 9.85. The number of hydrogen-bond acceptors (Lipinski definition) is 4. The van der Waals surface area contributed by atoms with Gasteiger partial charge in [-0.05, 0) is 37.1 Å². The summed E-state index contributed by atoms with van der Waals surface area (Å²) in [5.74, 6) is 2.02. The smallest absolute Gasteiger partial charge is 0.198 e. The molecule has 0 fully saturated rings. The van der Waals surface area contributed by atoms with Gasteiger partial charge in [-0.1, -0.05) is 103 Å². The van der Waals surface area contributed by atoms with E-state index >= 15 is 0 Å². The molecule has 0 radical (unpaired) electrons. The largest absolute Gasteiger partial charge is 0.465 e. The first-order valence-corrected chi connectivity index (χ1v) is 12.5. The number of fused-ring (bicyclic) bond motifs is 2. The molecule has 4 aromatic carbocycles. The van der Waals surface area contributed by atoms with Crippen LogP contribution < -0.4 is 9.47 Å². The molecule has 4 aromatic rings. The number of aliphatic hydroxyl groups is 2. The monoisotopic (exact) mass is 496 g/mol. The maximum Gasteiger partial charge on any atom is 0.198 e.